The molecule has 0 aliphatic carbocycles. The van der Waals surface area contributed by atoms with Gasteiger partial charge in [0.1, 0.15) is 5.75 Å². The maximum Gasteiger partial charge on any atom is 0.329 e. The van der Waals surface area contributed by atoms with E-state index >= 15 is 0 Å². The van der Waals surface area contributed by atoms with Crippen LogP contribution in [-0.4, -0.2) is 53.0 Å². The van der Waals surface area contributed by atoms with E-state index in [0.29, 0.717) is 17.9 Å². The number of anilines is 1. The maximum atomic E-state index is 12.7. The Morgan fingerprint density at radius 1 is 0.967 bits per heavy atom. The van der Waals surface area contributed by atoms with Crippen molar-refractivity contribution in [2.45, 2.75) is 18.5 Å². The third-order valence-electron chi connectivity index (χ3n) is 4.49. The number of amides is 1. The molecule has 0 radical (unpaired) electrons. The largest absolute Gasteiger partial charge is 0.497 e. The van der Waals surface area contributed by atoms with Gasteiger partial charge < -0.3 is 25.6 Å². The van der Waals surface area contributed by atoms with Crippen LogP contribution in [0.15, 0.2) is 54.6 Å². The van der Waals surface area contributed by atoms with Crippen LogP contribution < -0.4 is 15.4 Å². The van der Waals surface area contributed by atoms with Crippen molar-refractivity contribution in [2.24, 2.45) is 5.92 Å². The zero-order chi connectivity index (χ0) is 22.1. The molecule has 2 rings (SSSR count). The molecule has 4 N–H and O–H groups in total. The predicted molar refractivity (Wildman–Crippen MR) is 115 cm³/mol. The highest BCUT2D eigenvalue weighted by Crippen LogP contribution is 2.17. The van der Waals surface area contributed by atoms with Crippen LogP contribution >= 0.6 is 12.6 Å². The first-order valence-corrected chi connectivity index (χ1v) is 9.80. The molecule has 8 nitrogen and oxygen atoms in total. The lowest BCUT2D eigenvalue weighted by atomic mass is 9.99. The summed E-state index contributed by atoms with van der Waals surface area (Å²) in [5, 5.41) is 24.2. The lowest BCUT2D eigenvalue weighted by Gasteiger charge is -2.25. The van der Waals surface area contributed by atoms with Gasteiger partial charge >= 0.3 is 11.9 Å². The average Bonchev–Trinajstić information content (AvgIpc) is 2.75. The lowest BCUT2D eigenvalue weighted by Crippen LogP contribution is -2.56. The van der Waals surface area contributed by atoms with E-state index in [9.17, 15) is 24.6 Å². The monoisotopic (exact) mass is 432 g/mol. The quantitative estimate of drug-likeness (QED) is 0.344. The van der Waals surface area contributed by atoms with E-state index in [4.69, 9.17) is 4.74 Å². The number of carboxylic acid groups (broad SMARTS) is 2. The molecule has 0 spiro atoms. The molecule has 0 fully saturated rings. The molecular weight excluding hydrogens is 408 g/mol. The highest BCUT2D eigenvalue weighted by molar-refractivity contribution is 7.80. The first-order chi connectivity index (χ1) is 14.3. The summed E-state index contributed by atoms with van der Waals surface area (Å²) in [6.45, 7) is 0. The van der Waals surface area contributed by atoms with Crippen LogP contribution in [0.1, 0.15) is 5.56 Å². The van der Waals surface area contributed by atoms with Crippen LogP contribution in [0.25, 0.3) is 0 Å². The zero-order valence-corrected chi connectivity index (χ0v) is 17.2. The average molecular weight is 432 g/mol. The van der Waals surface area contributed by atoms with Crippen LogP contribution in [0.2, 0.25) is 0 Å². The van der Waals surface area contributed by atoms with E-state index in [1.165, 1.54) is 7.11 Å². The molecule has 1 amide bonds. The Kier molecular flexibility index (Phi) is 8.54. The normalized spacial score (nSPS) is 13.5. The van der Waals surface area contributed by atoms with E-state index in [2.05, 4.69) is 23.3 Å². The fourth-order valence-corrected chi connectivity index (χ4v) is 3.15. The molecule has 0 saturated heterocycles. The van der Waals surface area contributed by atoms with Gasteiger partial charge in [-0.15, -0.1) is 0 Å². The number of thiol groups is 1. The number of aliphatic carboxylic acids is 2. The number of nitrogens with one attached hydrogen (secondary N) is 2. The first-order valence-electron chi connectivity index (χ1n) is 9.17. The summed E-state index contributed by atoms with van der Waals surface area (Å²) in [6, 6.07) is 12.3. The van der Waals surface area contributed by atoms with E-state index in [0.717, 1.165) is 5.56 Å². The highest BCUT2D eigenvalue weighted by Gasteiger charge is 2.36. The SMILES string of the molecule is COc1ccc(NC(C(=O)O)C(NC(=O)C(CS)Cc2ccccc2)C(=O)O)cc1. The summed E-state index contributed by atoms with van der Waals surface area (Å²) in [6.07, 6.45) is 0.353. The van der Waals surface area contributed by atoms with Crippen LogP contribution in [0, 0.1) is 5.92 Å². The minimum atomic E-state index is -1.68. The molecule has 3 unspecified atom stereocenters. The van der Waals surface area contributed by atoms with Crippen molar-refractivity contribution in [3.05, 3.63) is 60.2 Å². The molecule has 0 aliphatic heterocycles. The van der Waals surface area contributed by atoms with Crippen molar-refractivity contribution in [3.8, 4) is 5.75 Å². The number of hydrogen-bond donors (Lipinski definition) is 5. The minimum Gasteiger partial charge on any atom is -0.497 e. The van der Waals surface area contributed by atoms with Gasteiger partial charge in [0.2, 0.25) is 5.91 Å². The number of methoxy groups -OCH3 is 1. The van der Waals surface area contributed by atoms with Gasteiger partial charge in [0, 0.05) is 11.4 Å². The molecule has 0 saturated carbocycles. The van der Waals surface area contributed by atoms with Crippen molar-refractivity contribution in [3.63, 3.8) is 0 Å². The standard InChI is InChI=1S/C21H24N2O6S/c1-29-16-9-7-15(8-10-16)22-17(20(25)26)18(21(27)28)23-19(24)14(12-30)11-13-5-3-2-4-6-13/h2-10,14,17-18,22,30H,11-12H2,1H3,(H,23,24)(H,25,26)(H,27,28). The molecule has 2 aromatic rings. The summed E-state index contributed by atoms with van der Waals surface area (Å²) >= 11 is 4.20. The van der Waals surface area contributed by atoms with Crippen molar-refractivity contribution in [1.82, 2.24) is 5.32 Å². The number of hydrogen-bond acceptors (Lipinski definition) is 6. The number of carboxylic acids is 2. The van der Waals surface area contributed by atoms with Gasteiger partial charge in [-0.25, -0.2) is 9.59 Å². The van der Waals surface area contributed by atoms with Crippen molar-refractivity contribution >= 4 is 36.2 Å². The number of ether oxygens (including phenoxy) is 1. The Morgan fingerprint density at radius 2 is 1.57 bits per heavy atom. The Bertz CT molecular complexity index is 860. The van der Waals surface area contributed by atoms with E-state index < -0.39 is 35.8 Å². The smallest absolute Gasteiger partial charge is 0.329 e. The van der Waals surface area contributed by atoms with E-state index in [-0.39, 0.29) is 5.75 Å². The second-order valence-corrected chi connectivity index (χ2v) is 6.95. The summed E-state index contributed by atoms with van der Waals surface area (Å²) in [5.74, 6) is -3.33. The molecular formula is C21H24N2O6S. The van der Waals surface area contributed by atoms with Crippen LogP contribution in [0.4, 0.5) is 5.69 Å². The molecule has 9 heteroatoms. The molecule has 160 valence electrons. The van der Waals surface area contributed by atoms with E-state index in [1.54, 1.807) is 24.3 Å². The zero-order valence-electron chi connectivity index (χ0n) is 16.3. The topological polar surface area (TPSA) is 125 Å². The second-order valence-electron chi connectivity index (χ2n) is 6.58. The third-order valence-corrected chi connectivity index (χ3v) is 4.93. The van der Waals surface area contributed by atoms with Gasteiger partial charge in [-0.05, 0) is 36.2 Å². The summed E-state index contributed by atoms with van der Waals surface area (Å²) < 4.78 is 5.04. The number of carbonyl (C=O) groups is 3. The first kappa shape index (κ1) is 23.1. The number of carbonyl (C=O) groups excluding carboxylic acids is 1. The second kappa shape index (κ2) is 11.1. The molecule has 2 aromatic carbocycles. The van der Waals surface area contributed by atoms with Gasteiger partial charge in [0.25, 0.3) is 0 Å². The Labute approximate surface area is 179 Å². The molecule has 3 atom stereocenters. The van der Waals surface area contributed by atoms with Crippen molar-refractivity contribution < 1.29 is 29.3 Å². The number of rotatable bonds is 11. The van der Waals surface area contributed by atoms with Crippen LogP contribution in [0.5, 0.6) is 5.75 Å². The molecule has 0 bridgehead atoms. The number of benzene rings is 2. The maximum absolute atomic E-state index is 12.7. The highest BCUT2D eigenvalue weighted by atomic mass is 32.1. The van der Waals surface area contributed by atoms with Gasteiger partial charge in [0.05, 0.1) is 13.0 Å². The Balaban J connectivity index is 2.16. The van der Waals surface area contributed by atoms with E-state index in [1.807, 2.05) is 30.3 Å². The minimum absolute atomic E-state index is 0.177. The molecule has 0 heterocycles. The predicted octanol–water partition coefficient (Wildman–Crippen LogP) is 1.92. The summed E-state index contributed by atoms with van der Waals surface area (Å²) in [7, 11) is 1.49. The van der Waals surface area contributed by atoms with Crippen LogP contribution in [-0.2, 0) is 20.8 Å². The Morgan fingerprint density at radius 3 is 2.07 bits per heavy atom. The van der Waals surface area contributed by atoms with Gasteiger partial charge in [-0.1, -0.05) is 30.3 Å². The molecule has 0 aromatic heterocycles. The van der Waals surface area contributed by atoms with Crippen LogP contribution in [0.3, 0.4) is 0 Å². The Hall–Kier alpha value is -3.20. The van der Waals surface area contributed by atoms with Crippen molar-refractivity contribution in [2.75, 3.05) is 18.2 Å². The van der Waals surface area contributed by atoms with Gasteiger partial charge in [-0.3, -0.25) is 4.79 Å². The van der Waals surface area contributed by atoms with Gasteiger partial charge in [-0.2, -0.15) is 12.6 Å². The molecule has 0 aliphatic rings. The lowest BCUT2D eigenvalue weighted by molar-refractivity contribution is -0.148. The molecule has 30 heavy (non-hydrogen) atoms. The fourth-order valence-electron chi connectivity index (χ4n) is 2.85. The van der Waals surface area contributed by atoms with Gasteiger partial charge in [0.15, 0.2) is 12.1 Å². The fraction of sp³-hybridized carbons (Fsp3) is 0.286. The summed E-state index contributed by atoms with van der Waals surface area (Å²) in [5.41, 5.74) is 1.27. The van der Waals surface area contributed by atoms with Crippen molar-refractivity contribution in [1.29, 1.82) is 0 Å². The third kappa shape index (κ3) is 6.41. The summed E-state index contributed by atoms with van der Waals surface area (Å²) in [4.78, 5) is 36.2.